The van der Waals surface area contributed by atoms with Gasteiger partial charge in [-0.3, -0.25) is 9.59 Å². The molecule has 7 nitrogen and oxygen atoms in total. The number of nitrogens with zero attached hydrogens (tertiary/aromatic N) is 3. The van der Waals surface area contributed by atoms with E-state index >= 15 is 0 Å². The van der Waals surface area contributed by atoms with E-state index < -0.39 is 5.91 Å². The van der Waals surface area contributed by atoms with Crippen molar-refractivity contribution < 1.29 is 4.79 Å². The minimum Gasteiger partial charge on any atom is -0.305 e. The van der Waals surface area contributed by atoms with E-state index in [1.807, 2.05) is 0 Å². The number of benzene rings is 1. The third-order valence-electron chi connectivity index (χ3n) is 2.78. The number of amides is 1. The van der Waals surface area contributed by atoms with Gasteiger partial charge in [-0.15, -0.1) is 0 Å². The van der Waals surface area contributed by atoms with Crippen LogP contribution in [0.2, 0.25) is 5.28 Å². The minimum atomic E-state index is -0.503. The number of carbonyl (C=O) groups is 1. The summed E-state index contributed by atoms with van der Waals surface area (Å²) in [6, 6.07) is 8.20. The molecule has 0 unspecified atom stereocenters. The van der Waals surface area contributed by atoms with Crippen LogP contribution in [0, 0.1) is 0 Å². The van der Waals surface area contributed by atoms with Crippen molar-refractivity contribution in [1.29, 1.82) is 0 Å². The molecule has 8 heteroatoms. The fraction of sp³-hybridized carbons (Fsp3) is 0. The first kappa shape index (κ1) is 13.2. The number of halogens is 1. The van der Waals surface area contributed by atoms with Crippen molar-refractivity contribution in [1.82, 2.24) is 20.2 Å². The van der Waals surface area contributed by atoms with Crippen molar-refractivity contribution in [2.24, 2.45) is 0 Å². The lowest BCUT2D eigenvalue weighted by molar-refractivity contribution is 0.102. The fourth-order valence-corrected chi connectivity index (χ4v) is 2.02. The van der Waals surface area contributed by atoms with Gasteiger partial charge in [-0.2, -0.15) is 5.10 Å². The Labute approximate surface area is 123 Å². The highest BCUT2D eigenvalue weighted by Gasteiger charge is 2.14. The van der Waals surface area contributed by atoms with Crippen LogP contribution in [0.1, 0.15) is 10.5 Å². The molecule has 0 bridgehead atoms. The average molecular weight is 302 g/mol. The summed E-state index contributed by atoms with van der Waals surface area (Å²) in [5, 5.41) is 9.51. The first-order chi connectivity index (χ1) is 10.1. The zero-order valence-electron chi connectivity index (χ0n) is 10.5. The molecular formula is C13H8ClN5O2. The summed E-state index contributed by atoms with van der Waals surface area (Å²) in [6.07, 6.45) is 1.42. The number of aromatic nitrogens is 4. The summed E-state index contributed by atoms with van der Waals surface area (Å²) in [4.78, 5) is 31.5. The molecule has 2 heterocycles. The third kappa shape index (κ3) is 2.59. The van der Waals surface area contributed by atoms with Gasteiger partial charge in [-0.25, -0.2) is 15.1 Å². The highest BCUT2D eigenvalue weighted by atomic mass is 35.5. The number of aromatic amines is 1. The predicted octanol–water partition coefficient (Wildman–Crippen LogP) is 1.62. The van der Waals surface area contributed by atoms with Gasteiger partial charge in [0.25, 0.3) is 11.5 Å². The number of rotatable bonds is 2. The molecular weight excluding hydrogens is 294 g/mol. The summed E-state index contributed by atoms with van der Waals surface area (Å²) >= 11 is 5.65. The van der Waals surface area contributed by atoms with Crippen LogP contribution in [0.25, 0.3) is 10.8 Å². The zero-order valence-corrected chi connectivity index (χ0v) is 11.3. The lowest BCUT2D eigenvalue weighted by Gasteiger charge is -2.05. The number of nitrogens with one attached hydrogen (secondary N) is 2. The molecule has 2 aromatic heterocycles. The molecule has 0 spiro atoms. The van der Waals surface area contributed by atoms with Crippen LogP contribution >= 0.6 is 11.6 Å². The Hall–Kier alpha value is -2.80. The molecule has 1 amide bonds. The SMILES string of the molecule is O=C(Nc1ccnc(Cl)n1)c1n[nH]c(=O)c2ccccc12. The van der Waals surface area contributed by atoms with Crippen molar-refractivity contribution in [3.63, 3.8) is 0 Å². The van der Waals surface area contributed by atoms with Gasteiger partial charge in [0, 0.05) is 11.6 Å². The average Bonchev–Trinajstić information content (AvgIpc) is 2.48. The lowest BCUT2D eigenvalue weighted by atomic mass is 10.1. The number of hydrogen-bond donors (Lipinski definition) is 2. The second kappa shape index (κ2) is 5.29. The maximum absolute atomic E-state index is 12.3. The van der Waals surface area contributed by atoms with Crippen molar-refractivity contribution in [3.8, 4) is 0 Å². The highest BCUT2D eigenvalue weighted by Crippen LogP contribution is 2.14. The molecule has 3 rings (SSSR count). The predicted molar refractivity (Wildman–Crippen MR) is 77.4 cm³/mol. The smallest absolute Gasteiger partial charge is 0.277 e. The molecule has 0 radical (unpaired) electrons. The molecule has 0 atom stereocenters. The molecule has 0 aliphatic rings. The van der Waals surface area contributed by atoms with Crippen LogP contribution in [0.3, 0.4) is 0 Å². The van der Waals surface area contributed by atoms with Crippen molar-refractivity contribution in [2.75, 3.05) is 5.32 Å². The largest absolute Gasteiger partial charge is 0.305 e. The van der Waals surface area contributed by atoms with Crippen LogP contribution in [-0.2, 0) is 0 Å². The molecule has 104 valence electrons. The quantitative estimate of drug-likeness (QED) is 0.700. The van der Waals surface area contributed by atoms with E-state index in [4.69, 9.17) is 11.6 Å². The fourth-order valence-electron chi connectivity index (χ4n) is 1.87. The van der Waals surface area contributed by atoms with Gasteiger partial charge in [0.1, 0.15) is 5.82 Å². The Bertz CT molecular complexity index is 893. The Morgan fingerprint density at radius 1 is 1.19 bits per heavy atom. The Balaban J connectivity index is 2.03. The van der Waals surface area contributed by atoms with Gasteiger partial charge in [0.05, 0.1) is 5.39 Å². The normalized spacial score (nSPS) is 10.5. The van der Waals surface area contributed by atoms with Crippen molar-refractivity contribution >= 4 is 34.1 Å². The zero-order chi connectivity index (χ0) is 14.8. The van der Waals surface area contributed by atoms with Gasteiger partial charge in [-0.05, 0) is 23.7 Å². The second-order valence-corrected chi connectivity index (χ2v) is 4.45. The molecule has 0 saturated carbocycles. The molecule has 0 fully saturated rings. The molecule has 2 N–H and O–H groups in total. The van der Waals surface area contributed by atoms with E-state index in [2.05, 4.69) is 25.5 Å². The van der Waals surface area contributed by atoms with Gasteiger partial charge < -0.3 is 5.32 Å². The maximum Gasteiger partial charge on any atom is 0.277 e. The molecule has 3 aromatic rings. The lowest BCUT2D eigenvalue weighted by Crippen LogP contribution is -2.19. The Morgan fingerprint density at radius 3 is 2.71 bits per heavy atom. The van der Waals surface area contributed by atoms with Crippen LogP contribution < -0.4 is 10.9 Å². The second-order valence-electron chi connectivity index (χ2n) is 4.11. The molecule has 0 aliphatic carbocycles. The number of hydrogen-bond acceptors (Lipinski definition) is 5. The van der Waals surface area contributed by atoms with E-state index in [9.17, 15) is 9.59 Å². The summed E-state index contributed by atoms with van der Waals surface area (Å²) in [6.45, 7) is 0. The van der Waals surface area contributed by atoms with Gasteiger partial charge in [0.2, 0.25) is 5.28 Å². The number of fused-ring (bicyclic) bond motifs is 1. The minimum absolute atomic E-state index is 0.0204. The Morgan fingerprint density at radius 2 is 1.95 bits per heavy atom. The van der Waals surface area contributed by atoms with Crippen molar-refractivity contribution in [2.45, 2.75) is 0 Å². The number of anilines is 1. The first-order valence-corrected chi connectivity index (χ1v) is 6.30. The molecule has 21 heavy (non-hydrogen) atoms. The summed E-state index contributed by atoms with van der Waals surface area (Å²) < 4.78 is 0. The van der Waals surface area contributed by atoms with E-state index in [0.717, 1.165) is 0 Å². The summed E-state index contributed by atoms with van der Waals surface area (Å²) in [5.41, 5.74) is -0.257. The standard InChI is InChI=1S/C13H8ClN5O2/c14-13-15-6-5-9(17-13)16-12(21)10-7-3-1-2-4-8(7)11(20)19-18-10/h1-6H,(H,19,20)(H,15,16,17,21). The van der Waals surface area contributed by atoms with Crippen LogP contribution in [0.5, 0.6) is 0 Å². The van der Waals surface area contributed by atoms with Gasteiger partial charge >= 0.3 is 0 Å². The molecule has 0 saturated heterocycles. The monoisotopic (exact) mass is 301 g/mol. The number of H-pyrrole nitrogens is 1. The first-order valence-electron chi connectivity index (χ1n) is 5.92. The van der Waals surface area contributed by atoms with Gasteiger partial charge in [-0.1, -0.05) is 18.2 Å². The van der Waals surface area contributed by atoms with Crippen LogP contribution in [-0.4, -0.2) is 26.1 Å². The third-order valence-corrected chi connectivity index (χ3v) is 2.96. The molecule has 1 aromatic carbocycles. The van der Waals surface area contributed by atoms with E-state index in [1.165, 1.54) is 12.3 Å². The maximum atomic E-state index is 12.3. The topological polar surface area (TPSA) is 101 Å². The van der Waals surface area contributed by atoms with E-state index in [1.54, 1.807) is 24.3 Å². The summed E-state index contributed by atoms with van der Waals surface area (Å²) in [7, 11) is 0. The highest BCUT2D eigenvalue weighted by molar-refractivity contribution is 6.28. The van der Waals surface area contributed by atoms with E-state index in [-0.39, 0.29) is 22.4 Å². The Kier molecular flexibility index (Phi) is 3.33. The van der Waals surface area contributed by atoms with Gasteiger partial charge in [0.15, 0.2) is 5.69 Å². The van der Waals surface area contributed by atoms with Crippen molar-refractivity contribution in [3.05, 3.63) is 57.9 Å². The molecule has 0 aliphatic heterocycles. The summed E-state index contributed by atoms with van der Waals surface area (Å²) in [5.74, 6) is -0.255. The van der Waals surface area contributed by atoms with Crippen LogP contribution in [0.4, 0.5) is 5.82 Å². The van der Waals surface area contributed by atoms with E-state index in [0.29, 0.717) is 10.8 Å². The number of carbonyl (C=O) groups excluding carboxylic acids is 1. The van der Waals surface area contributed by atoms with Crippen LogP contribution in [0.15, 0.2) is 41.3 Å².